The molecule has 4 nitrogen and oxygen atoms in total. The number of hydrogen-bond acceptors (Lipinski definition) is 3. The average molecular weight is 249 g/mol. The largest absolute Gasteiger partial charge is 0.487 e. The molecular weight excluding hydrogens is 230 g/mol. The van der Waals surface area contributed by atoms with Crippen LogP contribution in [-0.2, 0) is 11.2 Å². The highest BCUT2D eigenvalue weighted by molar-refractivity contribution is 5.66. The van der Waals surface area contributed by atoms with Crippen molar-refractivity contribution in [2.24, 2.45) is 0 Å². The lowest BCUT2D eigenvalue weighted by Crippen LogP contribution is -2.27. The van der Waals surface area contributed by atoms with Crippen molar-refractivity contribution < 1.29 is 14.6 Å². The summed E-state index contributed by atoms with van der Waals surface area (Å²) in [5.41, 5.74) is 2.27. The summed E-state index contributed by atoms with van der Waals surface area (Å²) in [4.78, 5) is 10.4. The van der Waals surface area contributed by atoms with Crippen LogP contribution in [0.3, 0.4) is 0 Å². The van der Waals surface area contributed by atoms with Gasteiger partial charge in [0.1, 0.15) is 11.9 Å². The maximum absolute atomic E-state index is 10.4. The number of aryl methyl sites for hydroxylation is 1. The van der Waals surface area contributed by atoms with Gasteiger partial charge in [0.25, 0.3) is 0 Å². The lowest BCUT2D eigenvalue weighted by Gasteiger charge is -2.25. The molecule has 0 aromatic heterocycles. The number of rotatable bonds is 5. The first-order chi connectivity index (χ1) is 8.65. The Balaban J connectivity index is 1.89. The lowest BCUT2D eigenvalue weighted by atomic mass is 10.1. The van der Waals surface area contributed by atoms with E-state index < -0.39 is 5.97 Å². The summed E-state index contributed by atoms with van der Waals surface area (Å²) in [5, 5.41) is 11.9. The van der Waals surface area contributed by atoms with Crippen LogP contribution in [0.5, 0.6) is 5.75 Å². The van der Waals surface area contributed by atoms with Gasteiger partial charge < -0.3 is 15.2 Å². The Labute approximate surface area is 107 Å². The number of fused-ring (bicyclic) bond motifs is 1. The molecule has 0 aliphatic carbocycles. The van der Waals surface area contributed by atoms with Crippen molar-refractivity contribution in [3.63, 3.8) is 0 Å². The van der Waals surface area contributed by atoms with Gasteiger partial charge in [-0.2, -0.15) is 0 Å². The third-order valence-electron chi connectivity index (χ3n) is 3.06. The number of unbranched alkanes of at least 4 members (excludes halogenated alkanes) is 1. The van der Waals surface area contributed by atoms with Crippen LogP contribution in [0.25, 0.3) is 0 Å². The fraction of sp³-hybridized carbons (Fsp3) is 0.500. The molecule has 0 fully saturated rings. The molecule has 1 heterocycles. The maximum Gasteiger partial charge on any atom is 0.303 e. The average Bonchev–Trinajstić information content (AvgIpc) is 2.34. The van der Waals surface area contributed by atoms with Crippen LogP contribution < -0.4 is 10.1 Å². The molecule has 2 rings (SSSR count). The maximum atomic E-state index is 10.4. The van der Waals surface area contributed by atoms with Crippen LogP contribution in [-0.4, -0.2) is 23.7 Å². The fourth-order valence-electron chi connectivity index (χ4n) is 2.09. The van der Waals surface area contributed by atoms with E-state index in [9.17, 15) is 4.79 Å². The zero-order chi connectivity index (χ0) is 13.0. The standard InChI is InChI=1S/C14H19NO3/c1-10-9-15-12-8-11(6-7-13(12)18-10)4-2-3-5-14(16)17/h6-8,10,15H,2-5,9H2,1H3,(H,16,17). The number of benzene rings is 1. The first-order valence-electron chi connectivity index (χ1n) is 6.40. The Morgan fingerprint density at radius 2 is 2.33 bits per heavy atom. The minimum Gasteiger partial charge on any atom is -0.487 e. The number of anilines is 1. The molecule has 2 N–H and O–H groups in total. The number of carboxylic acid groups (broad SMARTS) is 1. The molecule has 0 saturated heterocycles. The summed E-state index contributed by atoms with van der Waals surface area (Å²) in [7, 11) is 0. The zero-order valence-electron chi connectivity index (χ0n) is 10.6. The van der Waals surface area contributed by atoms with Crippen molar-refractivity contribution in [2.75, 3.05) is 11.9 Å². The number of hydrogen-bond donors (Lipinski definition) is 2. The van der Waals surface area contributed by atoms with Crippen molar-refractivity contribution in [1.82, 2.24) is 0 Å². The molecule has 1 aliphatic rings. The zero-order valence-corrected chi connectivity index (χ0v) is 10.6. The minimum absolute atomic E-state index is 0.207. The number of nitrogens with one attached hydrogen (secondary N) is 1. The highest BCUT2D eigenvalue weighted by Gasteiger charge is 2.15. The third kappa shape index (κ3) is 3.39. The van der Waals surface area contributed by atoms with Crippen LogP contribution in [0, 0.1) is 0 Å². The Bertz CT molecular complexity index is 431. The van der Waals surface area contributed by atoms with E-state index in [-0.39, 0.29) is 12.5 Å². The molecule has 1 aromatic carbocycles. The predicted molar refractivity (Wildman–Crippen MR) is 70.2 cm³/mol. The quantitative estimate of drug-likeness (QED) is 0.788. The Kier molecular flexibility index (Phi) is 4.07. The van der Waals surface area contributed by atoms with Crippen LogP contribution in [0.15, 0.2) is 18.2 Å². The molecule has 18 heavy (non-hydrogen) atoms. The Morgan fingerprint density at radius 1 is 1.50 bits per heavy atom. The lowest BCUT2D eigenvalue weighted by molar-refractivity contribution is -0.137. The molecule has 1 aliphatic heterocycles. The van der Waals surface area contributed by atoms with E-state index in [1.165, 1.54) is 5.56 Å². The first-order valence-corrected chi connectivity index (χ1v) is 6.40. The molecule has 0 radical (unpaired) electrons. The highest BCUT2D eigenvalue weighted by Crippen LogP contribution is 2.30. The van der Waals surface area contributed by atoms with Gasteiger partial charge in [0, 0.05) is 6.42 Å². The van der Waals surface area contributed by atoms with Crippen LogP contribution >= 0.6 is 0 Å². The van der Waals surface area contributed by atoms with E-state index in [0.717, 1.165) is 37.2 Å². The van der Waals surface area contributed by atoms with Crippen molar-refractivity contribution in [1.29, 1.82) is 0 Å². The summed E-state index contributed by atoms with van der Waals surface area (Å²) in [6.07, 6.45) is 3.01. The smallest absolute Gasteiger partial charge is 0.303 e. The van der Waals surface area contributed by atoms with E-state index in [1.807, 2.05) is 13.0 Å². The second-order valence-electron chi connectivity index (χ2n) is 4.74. The van der Waals surface area contributed by atoms with Gasteiger partial charge in [-0.15, -0.1) is 0 Å². The highest BCUT2D eigenvalue weighted by atomic mass is 16.5. The molecule has 0 saturated carbocycles. The molecule has 0 spiro atoms. The molecule has 98 valence electrons. The van der Waals surface area contributed by atoms with E-state index in [0.29, 0.717) is 0 Å². The van der Waals surface area contributed by atoms with Crippen LogP contribution in [0.4, 0.5) is 5.69 Å². The van der Waals surface area contributed by atoms with Crippen molar-refractivity contribution in [3.8, 4) is 5.75 Å². The van der Waals surface area contributed by atoms with Gasteiger partial charge in [0.15, 0.2) is 0 Å². The van der Waals surface area contributed by atoms with Gasteiger partial charge in [-0.3, -0.25) is 4.79 Å². The van der Waals surface area contributed by atoms with Gasteiger partial charge in [0.2, 0.25) is 0 Å². The SMILES string of the molecule is CC1CNc2cc(CCCCC(=O)O)ccc2O1. The van der Waals surface area contributed by atoms with Crippen molar-refractivity contribution in [3.05, 3.63) is 23.8 Å². The molecule has 1 aromatic rings. The van der Waals surface area contributed by atoms with E-state index >= 15 is 0 Å². The second kappa shape index (κ2) is 5.76. The number of carboxylic acids is 1. The molecule has 1 unspecified atom stereocenters. The van der Waals surface area contributed by atoms with Crippen molar-refractivity contribution in [2.45, 2.75) is 38.7 Å². The topological polar surface area (TPSA) is 58.6 Å². The number of ether oxygens (including phenoxy) is 1. The Hall–Kier alpha value is -1.71. The summed E-state index contributed by atoms with van der Waals surface area (Å²) in [5.74, 6) is 0.188. The van der Waals surface area contributed by atoms with Crippen LogP contribution in [0.1, 0.15) is 31.7 Å². The predicted octanol–water partition coefficient (Wildman–Crippen LogP) is 2.68. The fourth-order valence-corrected chi connectivity index (χ4v) is 2.09. The van der Waals surface area contributed by atoms with Gasteiger partial charge in [0.05, 0.1) is 12.2 Å². The Morgan fingerprint density at radius 3 is 3.11 bits per heavy atom. The van der Waals surface area contributed by atoms with E-state index in [4.69, 9.17) is 9.84 Å². The summed E-state index contributed by atoms with van der Waals surface area (Å²) >= 11 is 0. The normalized spacial score (nSPS) is 17.5. The van der Waals surface area contributed by atoms with Gasteiger partial charge in [-0.05, 0) is 43.9 Å². The van der Waals surface area contributed by atoms with Crippen molar-refractivity contribution >= 4 is 11.7 Å². The molecule has 1 atom stereocenters. The van der Waals surface area contributed by atoms with Gasteiger partial charge in [-0.25, -0.2) is 0 Å². The van der Waals surface area contributed by atoms with E-state index in [2.05, 4.69) is 17.4 Å². The summed E-state index contributed by atoms with van der Waals surface area (Å²) in [6, 6.07) is 6.14. The first kappa shape index (κ1) is 12.7. The van der Waals surface area contributed by atoms with Gasteiger partial charge in [-0.1, -0.05) is 6.07 Å². The number of aliphatic carboxylic acids is 1. The minimum atomic E-state index is -0.718. The summed E-state index contributed by atoms with van der Waals surface area (Å²) in [6.45, 7) is 2.87. The van der Waals surface area contributed by atoms with Crippen LogP contribution in [0.2, 0.25) is 0 Å². The third-order valence-corrected chi connectivity index (χ3v) is 3.06. The number of carbonyl (C=O) groups is 1. The molecular formula is C14H19NO3. The van der Waals surface area contributed by atoms with E-state index in [1.54, 1.807) is 0 Å². The monoisotopic (exact) mass is 249 g/mol. The molecule has 4 heteroatoms. The molecule has 0 amide bonds. The van der Waals surface area contributed by atoms with Gasteiger partial charge >= 0.3 is 5.97 Å². The second-order valence-corrected chi connectivity index (χ2v) is 4.74. The molecule has 0 bridgehead atoms. The summed E-state index contributed by atoms with van der Waals surface area (Å²) < 4.78 is 5.70.